The maximum Gasteiger partial charge on any atom is 0.163 e. The lowest BCUT2D eigenvalue weighted by Gasteiger charge is -2.07. The molecule has 1 N–H and O–H groups in total. The predicted octanol–water partition coefficient (Wildman–Crippen LogP) is 4.93. The molecule has 0 atom stereocenters. The first-order chi connectivity index (χ1) is 10.6. The average molecular weight is 288 g/mol. The number of phenols is 1. The van der Waals surface area contributed by atoms with Gasteiger partial charge in [-0.05, 0) is 41.3 Å². The molecule has 0 saturated heterocycles. The van der Waals surface area contributed by atoms with Crippen LogP contribution in [-0.2, 0) is 0 Å². The minimum absolute atomic E-state index is 0.0251. The molecule has 0 amide bonds. The highest BCUT2D eigenvalue weighted by Crippen LogP contribution is 2.28. The first-order valence-corrected chi connectivity index (χ1v) is 7.15. The highest BCUT2D eigenvalue weighted by molar-refractivity contribution is 5.97. The molecule has 0 fully saturated rings. The van der Waals surface area contributed by atoms with E-state index in [4.69, 9.17) is 0 Å². The van der Waals surface area contributed by atoms with Crippen LogP contribution < -0.4 is 0 Å². The minimum Gasteiger partial charge on any atom is -0.507 e. The largest absolute Gasteiger partial charge is 0.507 e. The Labute approximate surface area is 129 Å². The van der Waals surface area contributed by atoms with Crippen LogP contribution in [-0.4, -0.2) is 10.9 Å². The van der Waals surface area contributed by atoms with Gasteiger partial charge in [-0.15, -0.1) is 0 Å². The van der Waals surface area contributed by atoms with Gasteiger partial charge in [0, 0.05) is 0 Å². The summed E-state index contributed by atoms with van der Waals surface area (Å²) in [6.07, 6.45) is 0. The van der Waals surface area contributed by atoms with Gasteiger partial charge in [0.25, 0.3) is 0 Å². The van der Waals surface area contributed by atoms with E-state index in [9.17, 15) is 9.90 Å². The lowest BCUT2D eigenvalue weighted by atomic mass is 9.98. The Bertz CT molecular complexity index is 803. The molecule has 3 rings (SSSR count). The van der Waals surface area contributed by atoms with Gasteiger partial charge in [-0.25, -0.2) is 0 Å². The van der Waals surface area contributed by atoms with Crippen LogP contribution in [0, 0.1) is 0 Å². The van der Waals surface area contributed by atoms with Gasteiger partial charge in [-0.1, -0.05) is 60.7 Å². The maximum absolute atomic E-state index is 11.4. The molecule has 2 heteroatoms. The molecule has 3 aromatic carbocycles. The third kappa shape index (κ3) is 2.77. The molecule has 0 bridgehead atoms. The molecular formula is C20H16O2. The second-order valence-electron chi connectivity index (χ2n) is 5.23. The normalized spacial score (nSPS) is 10.4. The molecule has 0 aliphatic heterocycles. The van der Waals surface area contributed by atoms with Gasteiger partial charge in [0.15, 0.2) is 5.78 Å². The van der Waals surface area contributed by atoms with Crippen LogP contribution in [0.5, 0.6) is 5.75 Å². The van der Waals surface area contributed by atoms with Gasteiger partial charge >= 0.3 is 0 Å². The summed E-state index contributed by atoms with van der Waals surface area (Å²) in [6, 6.07) is 23.5. The fraction of sp³-hybridized carbons (Fsp3) is 0.0500. The van der Waals surface area contributed by atoms with E-state index >= 15 is 0 Å². The van der Waals surface area contributed by atoms with Gasteiger partial charge in [-0.3, -0.25) is 4.79 Å². The highest BCUT2D eigenvalue weighted by atomic mass is 16.3. The fourth-order valence-corrected chi connectivity index (χ4v) is 2.49. The molecule has 0 unspecified atom stereocenters. The first kappa shape index (κ1) is 14.1. The summed E-state index contributed by atoms with van der Waals surface area (Å²) in [6.45, 7) is 1.45. The Hall–Kier alpha value is -2.87. The van der Waals surface area contributed by atoms with Crippen LogP contribution in [0.15, 0.2) is 72.8 Å². The standard InChI is InChI=1S/C20H16O2/c1-14(21)19-12-11-18(13-20(19)22)17-9-7-16(8-10-17)15-5-3-2-4-6-15/h2-13,22H,1H3. The summed E-state index contributed by atoms with van der Waals surface area (Å²) in [5.41, 5.74) is 4.56. The molecule has 22 heavy (non-hydrogen) atoms. The number of phenolic OH excluding ortho intramolecular Hbond substituents is 1. The van der Waals surface area contributed by atoms with E-state index in [0.29, 0.717) is 5.56 Å². The van der Waals surface area contributed by atoms with Crippen molar-refractivity contribution in [2.75, 3.05) is 0 Å². The van der Waals surface area contributed by atoms with Crippen LogP contribution >= 0.6 is 0 Å². The van der Waals surface area contributed by atoms with Crippen LogP contribution in [0.4, 0.5) is 0 Å². The van der Waals surface area contributed by atoms with Gasteiger partial charge < -0.3 is 5.11 Å². The third-order valence-corrected chi connectivity index (χ3v) is 3.70. The van der Waals surface area contributed by atoms with Crippen LogP contribution in [0.25, 0.3) is 22.3 Å². The molecule has 0 aliphatic rings. The van der Waals surface area contributed by atoms with E-state index in [1.54, 1.807) is 12.1 Å². The van der Waals surface area contributed by atoms with Crippen molar-refractivity contribution in [1.82, 2.24) is 0 Å². The predicted molar refractivity (Wildman–Crippen MR) is 89.0 cm³/mol. The molecule has 2 nitrogen and oxygen atoms in total. The molecule has 0 saturated carbocycles. The van der Waals surface area contributed by atoms with E-state index in [2.05, 4.69) is 24.3 Å². The van der Waals surface area contributed by atoms with Crippen molar-refractivity contribution in [3.05, 3.63) is 78.4 Å². The number of carbonyl (C=O) groups is 1. The van der Waals surface area contributed by atoms with Crippen molar-refractivity contribution in [1.29, 1.82) is 0 Å². The van der Waals surface area contributed by atoms with E-state index in [1.165, 1.54) is 12.5 Å². The van der Waals surface area contributed by atoms with Gasteiger partial charge in [0.05, 0.1) is 5.56 Å². The van der Waals surface area contributed by atoms with Crippen LogP contribution in [0.3, 0.4) is 0 Å². The Balaban J connectivity index is 1.93. The number of hydrogen-bond donors (Lipinski definition) is 1. The monoisotopic (exact) mass is 288 g/mol. The third-order valence-electron chi connectivity index (χ3n) is 3.70. The number of carbonyl (C=O) groups excluding carboxylic acids is 1. The fourth-order valence-electron chi connectivity index (χ4n) is 2.49. The summed E-state index contributed by atoms with van der Waals surface area (Å²) >= 11 is 0. The summed E-state index contributed by atoms with van der Waals surface area (Å²) in [7, 11) is 0. The molecule has 108 valence electrons. The Kier molecular flexibility index (Phi) is 3.75. The lowest BCUT2D eigenvalue weighted by molar-refractivity contribution is 0.101. The van der Waals surface area contributed by atoms with Crippen LogP contribution in [0.2, 0.25) is 0 Å². The quantitative estimate of drug-likeness (QED) is 0.694. The number of aromatic hydroxyl groups is 1. The van der Waals surface area contributed by atoms with Crippen molar-refractivity contribution in [2.45, 2.75) is 6.92 Å². The molecular weight excluding hydrogens is 272 g/mol. The molecule has 0 radical (unpaired) electrons. The Morgan fingerprint density at radius 3 is 1.77 bits per heavy atom. The smallest absolute Gasteiger partial charge is 0.163 e. The summed E-state index contributed by atoms with van der Waals surface area (Å²) < 4.78 is 0. The number of hydrogen-bond acceptors (Lipinski definition) is 2. The Morgan fingerprint density at radius 1 is 0.727 bits per heavy atom. The number of ketones is 1. The SMILES string of the molecule is CC(=O)c1ccc(-c2ccc(-c3ccccc3)cc2)cc1O. The van der Waals surface area contributed by atoms with Gasteiger partial charge in [0.1, 0.15) is 5.75 Å². The van der Waals surface area contributed by atoms with Gasteiger partial charge in [-0.2, -0.15) is 0 Å². The molecule has 0 aromatic heterocycles. The number of rotatable bonds is 3. The summed E-state index contributed by atoms with van der Waals surface area (Å²) in [5.74, 6) is -0.111. The molecule has 0 spiro atoms. The second kappa shape index (κ2) is 5.86. The topological polar surface area (TPSA) is 37.3 Å². The summed E-state index contributed by atoms with van der Waals surface area (Å²) in [4.78, 5) is 11.4. The number of benzene rings is 3. The van der Waals surface area contributed by atoms with Crippen molar-refractivity contribution >= 4 is 5.78 Å². The molecule has 3 aromatic rings. The van der Waals surface area contributed by atoms with E-state index in [-0.39, 0.29) is 11.5 Å². The molecule has 0 heterocycles. The lowest BCUT2D eigenvalue weighted by Crippen LogP contribution is -1.92. The highest BCUT2D eigenvalue weighted by Gasteiger charge is 2.08. The summed E-state index contributed by atoms with van der Waals surface area (Å²) in [5, 5.41) is 9.93. The average Bonchev–Trinajstić information content (AvgIpc) is 2.55. The first-order valence-electron chi connectivity index (χ1n) is 7.15. The van der Waals surface area contributed by atoms with E-state index < -0.39 is 0 Å². The van der Waals surface area contributed by atoms with Gasteiger partial charge in [0.2, 0.25) is 0 Å². The zero-order chi connectivity index (χ0) is 15.5. The minimum atomic E-state index is -0.136. The maximum atomic E-state index is 11.4. The zero-order valence-electron chi connectivity index (χ0n) is 12.3. The molecule has 0 aliphatic carbocycles. The zero-order valence-corrected chi connectivity index (χ0v) is 12.3. The van der Waals surface area contributed by atoms with E-state index in [1.807, 2.05) is 36.4 Å². The van der Waals surface area contributed by atoms with Crippen molar-refractivity contribution in [3.8, 4) is 28.0 Å². The van der Waals surface area contributed by atoms with E-state index in [0.717, 1.165) is 16.7 Å². The van der Waals surface area contributed by atoms with Crippen molar-refractivity contribution in [2.24, 2.45) is 0 Å². The second-order valence-corrected chi connectivity index (χ2v) is 5.23. The van der Waals surface area contributed by atoms with Crippen molar-refractivity contribution < 1.29 is 9.90 Å². The Morgan fingerprint density at radius 2 is 1.23 bits per heavy atom. The number of Topliss-reactive ketones (excluding diaryl/α,β-unsaturated/α-hetero) is 1. The van der Waals surface area contributed by atoms with Crippen molar-refractivity contribution in [3.63, 3.8) is 0 Å². The van der Waals surface area contributed by atoms with Crippen LogP contribution in [0.1, 0.15) is 17.3 Å².